The first kappa shape index (κ1) is 23.1. The fourth-order valence-electron chi connectivity index (χ4n) is 4.33. The van der Waals surface area contributed by atoms with Crippen LogP contribution in [0.2, 0.25) is 0 Å². The van der Waals surface area contributed by atoms with Gasteiger partial charge in [0.25, 0.3) is 0 Å². The van der Waals surface area contributed by atoms with Crippen molar-refractivity contribution in [3.8, 4) is 11.1 Å². The first-order chi connectivity index (χ1) is 15.7. The molecule has 4 rings (SSSR count). The van der Waals surface area contributed by atoms with E-state index in [2.05, 4.69) is 45.5 Å². The first-order valence-electron chi connectivity index (χ1n) is 11.7. The number of ether oxygens (including phenoxy) is 1. The van der Waals surface area contributed by atoms with Gasteiger partial charge in [-0.05, 0) is 68.9 Å². The van der Waals surface area contributed by atoms with Gasteiger partial charge >= 0.3 is 11.8 Å². The number of H-pyrrole nitrogens is 1. The fourth-order valence-corrected chi connectivity index (χ4v) is 4.33. The van der Waals surface area contributed by atoms with Crippen molar-refractivity contribution in [2.75, 3.05) is 19.6 Å². The van der Waals surface area contributed by atoms with Gasteiger partial charge in [0, 0.05) is 32.7 Å². The number of nitrogens with zero attached hydrogens (tertiary/aromatic N) is 2. The summed E-state index contributed by atoms with van der Waals surface area (Å²) in [5, 5.41) is 3.00. The number of rotatable bonds is 5. The Kier molecular flexibility index (Phi) is 6.61. The van der Waals surface area contributed by atoms with Gasteiger partial charge < -0.3 is 19.9 Å². The van der Waals surface area contributed by atoms with Crippen LogP contribution in [0.1, 0.15) is 39.2 Å². The molecular weight excluding hydrogens is 416 g/mol. The quantitative estimate of drug-likeness (QED) is 0.614. The van der Waals surface area contributed by atoms with Gasteiger partial charge in [0.05, 0.1) is 11.0 Å². The van der Waals surface area contributed by atoms with Gasteiger partial charge in [0.2, 0.25) is 0 Å². The highest BCUT2D eigenvalue weighted by atomic mass is 16.6. The van der Waals surface area contributed by atoms with Crippen LogP contribution in [-0.4, -0.2) is 51.8 Å². The Balaban J connectivity index is 1.27. The normalized spacial score (nSPS) is 15.6. The number of benzene rings is 2. The minimum Gasteiger partial charge on any atom is -0.444 e. The third-order valence-corrected chi connectivity index (χ3v) is 6.22. The van der Waals surface area contributed by atoms with Crippen LogP contribution in [0.5, 0.6) is 0 Å². The molecule has 0 atom stereocenters. The molecule has 1 aliphatic heterocycles. The van der Waals surface area contributed by atoms with E-state index in [0.29, 0.717) is 0 Å². The van der Waals surface area contributed by atoms with Crippen LogP contribution >= 0.6 is 0 Å². The molecule has 176 valence electrons. The number of alkyl carbamates (subject to hydrolysis) is 1. The molecule has 7 heteroatoms. The number of fused-ring (bicyclic) bond motifs is 1. The summed E-state index contributed by atoms with van der Waals surface area (Å²) in [6.07, 6.45) is 2.57. The van der Waals surface area contributed by atoms with E-state index in [1.54, 1.807) is 11.6 Å². The largest absolute Gasteiger partial charge is 0.444 e. The van der Waals surface area contributed by atoms with Crippen LogP contribution < -0.4 is 11.0 Å². The minimum absolute atomic E-state index is 0.0952. The topological polar surface area (TPSA) is 79.4 Å². The number of amides is 1. The highest BCUT2D eigenvalue weighted by molar-refractivity contribution is 5.82. The van der Waals surface area contributed by atoms with Crippen molar-refractivity contribution >= 4 is 17.1 Å². The zero-order valence-corrected chi connectivity index (χ0v) is 20.0. The number of hydrogen-bond donors (Lipinski definition) is 2. The van der Waals surface area contributed by atoms with Crippen molar-refractivity contribution in [2.24, 2.45) is 7.05 Å². The molecule has 0 radical (unpaired) electrons. The van der Waals surface area contributed by atoms with Crippen LogP contribution in [-0.2, 0) is 18.2 Å². The van der Waals surface area contributed by atoms with Gasteiger partial charge in [-0.3, -0.25) is 4.57 Å². The highest BCUT2D eigenvalue weighted by Crippen LogP contribution is 2.24. The molecule has 0 aliphatic carbocycles. The number of nitrogens with one attached hydrogen (secondary N) is 2. The number of carbonyl (C=O) groups is 1. The van der Waals surface area contributed by atoms with E-state index >= 15 is 0 Å². The zero-order valence-electron chi connectivity index (χ0n) is 20.0. The van der Waals surface area contributed by atoms with Gasteiger partial charge in [-0.15, -0.1) is 0 Å². The van der Waals surface area contributed by atoms with Crippen LogP contribution in [0, 0.1) is 0 Å². The number of piperidine rings is 1. The Hall–Kier alpha value is -3.06. The van der Waals surface area contributed by atoms with Crippen LogP contribution in [0.25, 0.3) is 22.2 Å². The number of imidazole rings is 1. The third kappa shape index (κ3) is 5.85. The molecule has 2 aromatic carbocycles. The molecular formula is C26H34N4O3. The lowest BCUT2D eigenvalue weighted by molar-refractivity contribution is 0.0479. The summed E-state index contributed by atoms with van der Waals surface area (Å²) in [5.41, 5.74) is 4.75. The number of aryl methyl sites for hydroxylation is 1. The van der Waals surface area contributed by atoms with Gasteiger partial charge in [0.1, 0.15) is 5.60 Å². The standard InChI is InChI=1S/C26H34N4O3/c1-26(2,3)33-25(32)27-21-12-15-30(16-13-21)14-11-18-5-7-19(8-6-18)20-9-10-22-23(17-20)29(4)24(31)28-22/h5-10,17,21H,11-16H2,1-4H3,(H,27,32)(H,28,31). The molecule has 0 spiro atoms. The SMILES string of the molecule is Cn1c(=O)[nH]c2ccc(-c3ccc(CCN4CCC(NC(=O)OC(C)(C)C)CC4)cc3)cc21. The molecule has 1 saturated heterocycles. The summed E-state index contributed by atoms with van der Waals surface area (Å²) < 4.78 is 7.00. The number of aromatic amines is 1. The maximum absolute atomic E-state index is 12.0. The van der Waals surface area contributed by atoms with Crippen LogP contribution in [0.15, 0.2) is 47.3 Å². The van der Waals surface area contributed by atoms with Gasteiger partial charge in [0.15, 0.2) is 0 Å². The smallest absolute Gasteiger partial charge is 0.407 e. The molecule has 2 heterocycles. The second kappa shape index (κ2) is 9.43. The molecule has 0 bridgehead atoms. The van der Waals surface area contributed by atoms with E-state index in [-0.39, 0.29) is 17.8 Å². The zero-order chi connectivity index (χ0) is 23.6. The molecule has 1 aromatic heterocycles. The lowest BCUT2D eigenvalue weighted by Gasteiger charge is -2.32. The number of carbonyl (C=O) groups excluding carboxylic acids is 1. The van der Waals surface area contributed by atoms with Crippen molar-refractivity contribution < 1.29 is 9.53 Å². The Morgan fingerprint density at radius 2 is 1.76 bits per heavy atom. The lowest BCUT2D eigenvalue weighted by Crippen LogP contribution is -2.46. The first-order valence-corrected chi connectivity index (χ1v) is 11.7. The van der Waals surface area contributed by atoms with Gasteiger partial charge in [-0.1, -0.05) is 30.3 Å². The molecule has 2 N–H and O–H groups in total. The average Bonchev–Trinajstić information content (AvgIpc) is 3.05. The van der Waals surface area contributed by atoms with Crippen molar-refractivity contribution in [3.63, 3.8) is 0 Å². The molecule has 3 aromatic rings. The summed E-state index contributed by atoms with van der Waals surface area (Å²) in [6, 6.07) is 14.9. The number of likely N-dealkylation sites (tertiary alicyclic amines) is 1. The Labute approximate surface area is 194 Å². The lowest BCUT2D eigenvalue weighted by atomic mass is 10.0. The Bertz CT molecular complexity index is 1160. The van der Waals surface area contributed by atoms with E-state index in [9.17, 15) is 9.59 Å². The second-order valence-corrected chi connectivity index (χ2v) is 9.93. The third-order valence-electron chi connectivity index (χ3n) is 6.22. The van der Waals surface area contributed by atoms with Crippen molar-refractivity contribution in [1.82, 2.24) is 19.8 Å². The van der Waals surface area contributed by atoms with E-state index < -0.39 is 5.60 Å². The predicted molar refractivity (Wildman–Crippen MR) is 132 cm³/mol. The molecule has 33 heavy (non-hydrogen) atoms. The molecule has 0 unspecified atom stereocenters. The maximum Gasteiger partial charge on any atom is 0.407 e. The number of aromatic nitrogens is 2. The fraction of sp³-hybridized carbons (Fsp3) is 0.462. The molecule has 1 amide bonds. The van der Waals surface area contributed by atoms with E-state index in [0.717, 1.165) is 61.1 Å². The van der Waals surface area contributed by atoms with Crippen molar-refractivity contribution in [1.29, 1.82) is 0 Å². The summed E-state index contributed by atoms with van der Waals surface area (Å²) >= 11 is 0. The summed E-state index contributed by atoms with van der Waals surface area (Å²) in [7, 11) is 1.78. The Morgan fingerprint density at radius 1 is 1.09 bits per heavy atom. The summed E-state index contributed by atoms with van der Waals surface area (Å²) in [6.45, 7) is 8.61. The maximum atomic E-state index is 12.0. The van der Waals surface area contributed by atoms with E-state index in [1.165, 1.54) is 5.56 Å². The number of hydrogen-bond acceptors (Lipinski definition) is 4. The highest BCUT2D eigenvalue weighted by Gasteiger charge is 2.23. The average molecular weight is 451 g/mol. The summed E-state index contributed by atoms with van der Waals surface area (Å²) in [4.78, 5) is 29.1. The second-order valence-electron chi connectivity index (χ2n) is 9.93. The van der Waals surface area contributed by atoms with E-state index in [4.69, 9.17) is 4.74 Å². The molecule has 1 fully saturated rings. The Morgan fingerprint density at radius 3 is 2.42 bits per heavy atom. The van der Waals surface area contributed by atoms with Crippen molar-refractivity contribution in [3.05, 3.63) is 58.5 Å². The minimum atomic E-state index is -0.465. The summed E-state index contributed by atoms with van der Waals surface area (Å²) in [5.74, 6) is 0. The molecule has 7 nitrogen and oxygen atoms in total. The monoisotopic (exact) mass is 450 g/mol. The van der Waals surface area contributed by atoms with Gasteiger partial charge in [-0.25, -0.2) is 9.59 Å². The van der Waals surface area contributed by atoms with Crippen molar-refractivity contribution in [2.45, 2.75) is 51.7 Å². The van der Waals surface area contributed by atoms with Crippen LogP contribution in [0.4, 0.5) is 4.79 Å². The molecule has 0 saturated carbocycles. The predicted octanol–water partition coefficient (Wildman–Crippen LogP) is 4.07. The van der Waals surface area contributed by atoms with E-state index in [1.807, 2.05) is 32.9 Å². The van der Waals surface area contributed by atoms with Crippen LogP contribution in [0.3, 0.4) is 0 Å². The molecule has 1 aliphatic rings. The van der Waals surface area contributed by atoms with Gasteiger partial charge in [-0.2, -0.15) is 0 Å².